The third-order valence-corrected chi connectivity index (χ3v) is 7.50. The molecule has 218 valence electrons. The van der Waals surface area contributed by atoms with Crippen molar-refractivity contribution in [3.8, 4) is 0 Å². The van der Waals surface area contributed by atoms with Crippen LogP contribution in [0.15, 0.2) is 59.5 Å². The van der Waals surface area contributed by atoms with Crippen LogP contribution < -0.4 is 11.1 Å². The molecule has 12 nitrogen and oxygen atoms in total. The zero-order valence-corrected chi connectivity index (χ0v) is 23.8. The number of ether oxygens (including phenoxy) is 2. The predicted octanol–water partition coefficient (Wildman–Crippen LogP) is 2.50. The molecule has 0 aromatic heterocycles. The Balaban J connectivity index is 0.000000976. The lowest BCUT2D eigenvalue weighted by atomic mass is 10.0. The standard InChI is InChI=1S/C25H35N3O5S.H3O4P/c1-19(2)17-28(34(30,31)24-10-8-21(26)9-11-24)14-12-22(16-20-6-4-3-5-7-20)27-25(29)33-23-13-15-32-18-23;1-5(2,3)4/h3-11,19,22-23H,12-18,26H2,1-2H3,(H,27,29);(H3,1,2,3,4)/t22?,23-;/m0./s1. The SMILES string of the molecule is CC(C)CN(CCC(Cc1ccccc1)NC(=O)O[C@H]1CCOC1)S(=O)(=O)c1ccc(N)cc1.O=P(O)(O)O. The van der Waals surface area contributed by atoms with Crippen LogP contribution in [0.25, 0.3) is 0 Å². The van der Waals surface area contributed by atoms with E-state index in [1.165, 1.54) is 16.4 Å². The molecule has 2 aromatic rings. The second kappa shape index (κ2) is 15.3. The molecule has 0 spiro atoms. The van der Waals surface area contributed by atoms with Gasteiger partial charge < -0.3 is 35.2 Å². The number of nitrogens with one attached hydrogen (secondary N) is 1. The highest BCUT2D eigenvalue weighted by atomic mass is 32.2. The minimum atomic E-state index is -4.64. The second-order valence-corrected chi connectivity index (χ2v) is 12.5. The highest BCUT2D eigenvalue weighted by Gasteiger charge is 2.27. The lowest BCUT2D eigenvalue weighted by molar-refractivity contribution is 0.0803. The molecule has 2 aromatic carbocycles. The minimum Gasteiger partial charge on any atom is -0.444 e. The Morgan fingerprint density at radius 3 is 2.31 bits per heavy atom. The Bertz CT molecular complexity index is 1160. The highest BCUT2D eigenvalue weighted by molar-refractivity contribution is 7.89. The van der Waals surface area contributed by atoms with Gasteiger partial charge in [-0.15, -0.1) is 0 Å². The topological polar surface area (TPSA) is 189 Å². The summed E-state index contributed by atoms with van der Waals surface area (Å²) >= 11 is 0. The van der Waals surface area contributed by atoms with E-state index in [9.17, 15) is 13.2 Å². The molecule has 0 aliphatic carbocycles. The fourth-order valence-electron chi connectivity index (χ4n) is 3.89. The Labute approximate surface area is 229 Å². The van der Waals surface area contributed by atoms with Crippen molar-refractivity contribution in [2.24, 2.45) is 5.92 Å². The molecule has 3 rings (SSSR count). The number of rotatable bonds is 11. The summed E-state index contributed by atoms with van der Waals surface area (Å²) in [7, 11) is -8.35. The monoisotopic (exact) mass is 587 g/mol. The van der Waals surface area contributed by atoms with Crippen molar-refractivity contribution in [1.82, 2.24) is 9.62 Å². The summed E-state index contributed by atoms with van der Waals surface area (Å²) in [5.41, 5.74) is 7.29. The maximum Gasteiger partial charge on any atom is 0.466 e. The number of phosphoric acid groups is 1. The normalized spacial score (nSPS) is 16.4. The number of anilines is 1. The Morgan fingerprint density at radius 1 is 1.15 bits per heavy atom. The van der Waals surface area contributed by atoms with Crippen molar-refractivity contribution in [2.75, 3.05) is 32.0 Å². The summed E-state index contributed by atoms with van der Waals surface area (Å²) in [6, 6.07) is 15.7. The number of carbonyl (C=O) groups is 1. The molecular formula is C25H38N3O9PS. The third-order valence-electron chi connectivity index (χ3n) is 5.62. The van der Waals surface area contributed by atoms with Crippen molar-refractivity contribution in [2.45, 2.75) is 50.2 Å². The average Bonchev–Trinajstić information content (AvgIpc) is 3.34. The summed E-state index contributed by atoms with van der Waals surface area (Å²) < 4.78 is 47.8. The van der Waals surface area contributed by atoms with Gasteiger partial charge in [0.2, 0.25) is 10.0 Å². The van der Waals surface area contributed by atoms with Crippen LogP contribution in [0.3, 0.4) is 0 Å². The number of amides is 1. The maximum absolute atomic E-state index is 13.4. The van der Waals surface area contributed by atoms with E-state index in [2.05, 4.69) is 5.32 Å². The van der Waals surface area contributed by atoms with Crippen LogP contribution in [-0.2, 0) is 30.5 Å². The summed E-state index contributed by atoms with van der Waals surface area (Å²) in [6.07, 6.45) is 0.924. The molecule has 1 unspecified atom stereocenters. The van der Waals surface area contributed by atoms with Crippen LogP contribution in [0.1, 0.15) is 32.3 Å². The number of nitrogen functional groups attached to an aromatic ring is 1. The Kier molecular flexibility index (Phi) is 12.8. The van der Waals surface area contributed by atoms with E-state index in [1.807, 2.05) is 44.2 Å². The molecule has 14 heteroatoms. The summed E-state index contributed by atoms with van der Waals surface area (Å²) in [5.74, 6) is 0.136. The Hall–Kier alpha value is -2.51. The molecule has 2 atom stereocenters. The van der Waals surface area contributed by atoms with Gasteiger partial charge in [-0.05, 0) is 48.6 Å². The fraction of sp³-hybridized carbons (Fsp3) is 0.480. The van der Waals surface area contributed by atoms with Crippen molar-refractivity contribution in [3.05, 3.63) is 60.2 Å². The van der Waals surface area contributed by atoms with Crippen LogP contribution in [0.2, 0.25) is 0 Å². The molecule has 1 fully saturated rings. The fourth-order valence-corrected chi connectivity index (χ4v) is 5.51. The van der Waals surface area contributed by atoms with Gasteiger partial charge in [0.25, 0.3) is 0 Å². The molecule has 1 heterocycles. The smallest absolute Gasteiger partial charge is 0.444 e. The number of nitrogens with two attached hydrogens (primary N) is 1. The van der Waals surface area contributed by atoms with Gasteiger partial charge in [0.15, 0.2) is 0 Å². The molecular weight excluding hydrogens is 549 g/mol. The second-order valence-electron chi connectivity index (χ2n) is 9.55. The van der Waals surface area contributed by atoms with E-state index in [-0.39, 0.29) is 29.5 Å². The van der Waals surface area contributed by atoms with E-state index in [0.717, 1.165) is 5.56 Å². The van der Waals surface area contributed by atoms with Gasteiger partial charge >= 0.3 is 13.9 Å². The first kappa shape index (κ1) is 32.7. The molecule has 6 N–H and O–H groups in total. The third kappa shape index (κ3) is 12.9. The molecule has 0 bridgehead atoms. The van der Waals surface area contributed by atoms with Crippen molar-refractivity contribution < 1.29 is 41.9 Å². The molecule has 1 saturated heterocycles. The maximum atomic E-state index is 13.4. The first-order chi connectivity index (χ1) is 18.2. The number of benzene rings is 2. The highest BCUT2D eigenvalue weighted by Crippen LogP contribution is 2.26. The first-order valence-electron chi connectivity index (χ1n) is 12.5. The molecule has 1 amide bonds. The summed E-state index contributed by atoms with van der Waals surface area (Å²) in [5, 5.41) is 2.95. The number of sulfonamides is 1. The van der Waals surface area contributed by atoms with Crippen LogP contribution in [-0.4, -0.2) is 71.9 Å². The molecule has 39 heavy (non-hydrogen) atoms. The Morgan fingerprint density at radius 2 is 1.77 bits per heavy atom. The van der Waals surface area contributed by atoms with Gasteiger partial charge in [0.05, 0.1) is 18.1 Å². The van der Waals surface area contributed by atoms with Crippen LogP contribution in [0, 0.1) is 5.92 Å². The zero-order chi connectivity index (χ0) is 29.1. The van der Waals surface area contributed by atoms with Gasteiger partial charge in [0, 0.05) is 31.2 Å². The number of nitrogens with zero attached hydrogens (tertiary/aromatic N) is 1. The number of alkyl carbamates (subject to hydrolysis) is 1. The largest absolute Gasteiger partial charge is 0.466 e. The van der Waals surface area contributed by atoms with E-state index in [4.69, 9.17) is 34.5 Å². The first-order valence-corrected chi connectivity index (χ1v) is 15.5. The molecule has 1 aliphatic heterocycles. The van der Waals surface area contributed by atoms with Gasteiger partial charge in [-0.1, -0.05) is 44.2 Å². The van der Waals surface area contributed by atoms with Gasteiger partial charge in [0.1, 0.15) is 6.10 Å². The zero-order valence-electron chi connectivity index (χ0n) is 22.0. The summed E-state index contributed by atoms with van der Waals surface area (Å²) in [4.78, 5) is 34.3. The average molecular weight is 588 g/mol. The van der Waals surface area contributed by atoms with E-state index in [0.29, 0.717) is 44.7 Å². The van der Waals surface area contributed by atoms with Gasteiger partial charge in [-0.3, -0.25) is 0 Å². The quantitative estimate of drug-likeness (QED) is 0.193. The van der Waals surface area contributed by atoms with Gasteiger partial charge in [-0.2, -0.15) is 4.31 Å². The van der Waals surface area contributed by atoms with Gasteiger partial charge in [-0.25, -0.2) is 17.8 Å². The van der Waals surface area contributed by atoms with Crippen molar-refractivity contribution >= 4 is 29.6 Å². The number of hydrogen-bond donors (Lipinski definition) is 5. The van der Waals surface area contributed by atoms with E-state index >= 15 is 0 Å². The minimum absolute atomic E-state index is 0.136. The molecule has 0 saturated carbocycles. The van der Waals surface area contributed by atoms with Crippen LogP contribution in [0.4, 0.5) is 10.5 Å². The lowest BCUT2D eigenvalue weighted by Gasteiger charge is -2.27. The lowest BCUT2D eigenvalue weighted by Crippen LogP contribution is -2.42. The van der Waals surface area contributed by atoms with Crippen molar-refractivity contribution in [3.63, 3.8) is 0 Å². The number of carbonyl (C=O) groups excluding carboxylic acids is 1. The van der Waals surface area contributed by atoms with Crippen molar-refractivity contribution in [1.29, 1.82) is 0 Å². The molecule has 1 aliphatic rings. The van der Waals surface area contributed by atoms with E-state index < -0.39 is 23.9 Å². The molecule has 0 radical (unpaired) electrons. The van der Waals surface area contributed by atoms with E-state index in [1.54, 1.807) is 12.1 Å². The van der Waals surface area contributed by atoms with Crippen LogP contribution in [0.5, 0.6) is 0 Å². The predicted molar refractivity (Wildman–Crippen MR) is 146 cm³/mol. The summed E-state index contributed by atoms with van der Waals surface area (Å²) in [6.45, 7) is 5.57. The number of hydrogen-bond acceptors (Lipinski definition) is 7. The van der Waals surface area contributed by atoms with Crippen LogP contribution >= 0.6 is 7.82 Å².